The molecule has 0 radical (unpaired) electrons. The van der Waals surface area contributed by atoms with Crippen LogP contribution < -0.4 is 0 Å². The number of rotatable bonds is 1. The lowest BCUT2D eigenvalue weighted by Crippen LogP contribution is -2.19. The molecule has 0 aromatic carbocycles. The van der Waals surface area contributed by atoms with Crippen molar-refractivity contribution in [1.29, 1.82) is 0 Å². The molecule has 0 N–H and O–H groups in total. The van der Waals surface area contributed by atoms with Crippen molar-refractivity contribution in [3.8, 4) is 0 Å². The lowest BCUT2D eigenvalue weighted by molar-refractivity contribution is -0.0434. The van der Waals surface area contributed by atoms with Gasteiger partial charge in [-0.1, -0.05) is 6.30 Å². The van der Waals surface area contributed by atoms with Gasteiger partial charge in [-0.2, -0.15) is 21.6 Å². The molecule has 0 aliphatic rings. The van der Waals surface area contributed by atoms with Crippen molar-refractivity contribution < 1.29 is 21.6 Å². The smallest absolute Gasteiger partial charge is 0.195 e. The quantitative estimate of drug-likeness (QED) is 0.586. The van der Waals surface area contributed by atoms with E-state index in [0.29, 0.717) is 0 Å². The minimum atomic E-state index is -5.28. The molecule has 1 unspecified atom stereocenters. The Hall–Kier alpha value is -0.290. The van der Waals surface area contributed by atoms with Crippen LogP contribution in [0.15, 0.2) is 4.15 Å². The molecule has 0 spiro atoms. The summed E-state index contributed by atoms with van der Waals surface area (Å²) < 4.78 is 56.1. The Morgan fingerprint density at radius 3 is 1.90 bits per heavy atom. The molecule has 0 aromatic rings. The van der Waals surface area contributed by atoms with Crippen molar-refractivity contribution in [2.24, 2.45) is 4.15 Å². The number of halogens is 3. The number of hydrogen-bond donors (Lipinski definition) is 0. The third kappa shape index (κ3) is 2.15. The Bertz CT molecular complexity index is 261. The van der Waals surface area contributed by atoms with Crippen molar-refractivity contribution in [1.82, 2.24) is 0 Å². The molecule has 0 saturated carbocycles. The first-order valence-electron chi connectivity index (χ1n) is 1.86. The Kier molecular flexibility index (Phi) is 2.67. The average molecular weight is 193 g/mol. The van der Waals surface area contributed by atoms with E-state index < -0.39 is 23.5 Å². The van der Waals surface area contributed by atoms with Crippen molar-refractivity contribution in [2.45, 2.75) is 5.51 Å². The summed E-state index contributed by atoms with van der Waals surface area (Å²) in [6, 6.07) is 0. The van der Waals surface area contributed by atoms with Crippen LogP contribution in [-0.4, -0.2) is 20.2 Å². The van der Waals surface area contributed by atoms with Crippen LogP contribution in [0.1, 0.15) is 0 Å². The minimum Gasteiger partial charge on any atom is -0.195 e. The van der Waals surface area contributed by atoms with Crippen LogP contribution in [0.3, 0.4) is 0 Å². The molecule has 10 heavy (non-hydrogen) atoms. The zero-order valence-electron chi connectivity index (χ0n) is 4.51. The molecule has 0 aliphatic heterocycles. The maximum absolute atomic E-state index is 11.3. The van der Waals surface area contributed by atoms with Gasteiger partial charge in [0, 0.05) is 0 Å². The second-order valence-corrected chi connectivity index (χ2v) is 3.63. The Labute approximate surface area is 56.4 Å². The molecule has 0 bridgehead atoms. The molecule has 0 saturated heterocycles. The summed E-state index contributed by atoms with van der Waals surface area (Å²) in [7, 11) is -6.12. The van der Waals surface area contributed by atoms with Crippen molar-refractivity contribution in [3.63, 3.8) is 0 Å². The maximum Gasteiger partial charge on any atom is 0.518 e. The van der Waals surface area contributed by atoms with Crippen LogP contribution in [0.2, 0.25) is 0 Å². The topological polar surface area (TPSA) is 46.5 Å². The van der Waals surface area contributed by atoms with Crippen LogP contribution in [0.4, 0.5) is 13.2 Å². The highest BCUT2D eigenvalue weighted by atomic mass is 32.2. The van der Waals surface area contributed by atoms with Crippen LogP contribution in [0.5, 0.6) is 0 Å². The number of hydrogen-bond acceptors (Lipinski definition) is 2. The zero-order chi connectivity index (χ0) is 8.41. The highest BCUT2D eigenvalue weighted by Gasteiger charge is 2.45. The molecule has 60 valence electrons. The van der Waals surface area contributed by atoms with E-state index in [9.17, 15) is 21.6 Å². The van der Waals surface area contributed by atoms with Crippen LogP contribution in [0.25, 0.3) is 0 Å². The monoisotopic (exact) mass is 193 g/mol. The summed E-state index contributed by atoms with van der Waals surface area (Å²) in [5.74, 6) is 0. The first-order chi connectivity index (χ1) is 4.31. The molecule has 0 fully saturated rings. The molecule has 3 nitrogen and oxygen atoms in total. The summed E-state index contributed by atoms with van der Waals surface area (Å²) in [6.07, 6.45) is 2.87. The van der Waals surface area contributed by atoms with Gasteiger partial charge in [-0.25, -0.2) is 0 Å². The standard InChI is InChI=1S/C2H3F3NO2PS/c1-9-6-10(7,8)2(3,4)5/h9H,1H2. The fourth-order valence-corrected chi connectivity index (χ4v) is 1.23. The summed E-state index contributed by atoms with van der Waals surface area (Å²) in [4.78, 5) is 0. The predicted molar refractivity (Wildman–Crippen MR) is 32.8 cm³/mol. The molecular formula is C2H3F3NO2PS. The molecule has 1 atom stereocenters. The molecular weight excluding hydrogens is 190 g/mol. The van der Waals surface area contributed by atoms with Gasteiger partial charge in [-0.05, 0) is 8.00 Å². The summed E-state index contributed by atoms with van der Waals surface area (Å²) in [5, 5.41) is 0. The minimum absolute atomic E-state index is 0.850. The van der Waals surface area contributed by atoms with Gasteiger partial charge in [0.05, 0.1) is 0 Å². The summed E-state index contributed by atoms with van der Waals surface area (Å²) >= 11 is 0. The van der Waals surface area contributed by atoms with Crippen LogP contribution in [0, 0.1) is 0 Å². The van der Waals surface area contributed by atoms with Gasteiger partial charge in [0.1, 0.15) is 0 Å². The highest BCUT2D eigenvalue weighted by molar-refractivity contribution is 7.92. The second-order valence-electron chi connectivity index (χ2n) is 1.17. The summed E-state index contributed by atoms with van der Waals surface area (Å²) in [5.41, 5.74) is -5.28. The lowest BCUT2D eigenvalue weighted by Gasteiger charge is -1.99. The molecule has 0 aromatic heterocycles. The molecule has 0 aliphatic carbocycles. The first kappa shape index (κ1) is 9.71. The van der Waals surface area contributed by atoms with E-state index in [4.69, 9.17) is 0 Å². The Morgan fingerprint density at radius 2 is 1.80 bits per heavy atom. The van der Waals surface area contributed by atoms with Crippen molar-refractivity contribution in [2.75, 3.05) is 0 Å². The van der Waals surface area contributed by atoms with Crippen LogP contribution in [-0.2, 0) is 10.0 Å². The lowest BCUT2D eigenvalue weighted by atomic mass is 11.6. The number of sulfonamides is 1. The van der Waals surface area contributed by atoms with Gasteiger partial charge < -0.3 is 0 Å². The Balaban J connectivity index is 4.97. The van der Waals surface area contributed by atoms with E-state index in [2.05, 4.69) is 10.4 Å². The van der Waals surface area contributed by atoms with Gasteiger partial charge in [0.25, 0.3) is 0 Å². The molecule has 0 heterocycles. The highest BCUT2D eigenvalue weighted by Crippen LogP contribution is 2.25. The maximum atomic E-state index is 11.3. The predicted octanol–water partition coefficient (Wildman–Crippen LogP) is 1.13. The molecule has 0 rings (SSSR count). The molecule has 0 amide bonds. The van der Waals surface area contributed by atoms with E-state index in [1.165, 1.54) is 0 Å². The fraction of sp³-hybridized carbons (Fsp3) is 0.500. The van der Waals surface area contributed by atoms with E-state index in [0.717, 1.165) is 0 Å². The van der Waals surface area contributed by atoms with Gasteiger partial charge in [0.2, 0.25) is 0 Å². The third-order valence-electron chi connectivity index (χ3n) is 0.477. The van der Waals surface area contributed by atoms with Gasteiger partial charge in [-0.15, -0.1) is 4.15 Å². The van der Waals surface area contributed by atoms with E-state index in [1.54, 1.807) is 0 Å². The largest absolute Gasteiger partial charge is 0.518 e. The zero-order valence-corrected chi connectivity index (χ0v) is 6.33. The number of nitrogens with zero attached hydrogens (tertiary/aromatic N) is 1. The van der Waals surface area contributed by atoms with Crippen molar-refractivity contribution >= 4 is 24.3 Å². The molecule has 8 heteroatoms. The second kappa shape index (κ2) is 2.75. The first-order valence-corrected chi connectivity index (χ1v) is 4.46. The van der Waals surface area contributed by atoms with Gasteiger partial charge in [0.15, 0.2) is 0 Å². The van der Waals surface area contributed by atoms with Gasteiger partial charge >= 0.3 is 15.5 Å². The fourth-order valence-electron chi connectivity index (χ4n) is 0.137. The third-order valence-corrected chi connectivity index (χ3v) is 2.54. The van der Waals surface area contributed by atoms with E-state index >= 15 is 0 Å². The SMILES string of the molecule is C=[PH]=NS(=O)(=O)C(F)(F)F. The Morgan fingerprint density at radius 1 is 1.40 bits per heavy atom. The van der Waals surface area contributed by atoms with Crippen LogP contribution >= 0.6 is 8.00 Å². The van der Waals surface area contributed by atoms with Crippen molar-refractivity contribution in [3.05, 3.63) is 0 Å². The summed E-state index contributed by atoms with van der Waals surface area (Å²) in [6.45, 7) is 0. The van der Waals surface area contributed by atoms with Gasteiger partial charge in [-0.3, -0.25) is 0 Å². The number of alkyl halides is 3. The van der Waals surface area contributed by atoms with E-state index in [-0.39, 0.29) is 0 Å². The van der Waals surface area contributed by atoms with E-state index in [1.807, 2.05) is 0 Å². The normalized spacial score (nSPS) is 13.5. The average Bonchev–Trinajstić information content (AvgIpc) is 1.61.